The van der Waals surface area contributed by atoms with Crippen molar-refractivity contribution < 1.29 is 18.7 Å². The minimum Gasteiger partial charge on any atom is -0.492 e. The largest absolute Gasteiger partial charge is 0.492 e. The Morgan fingerprint density at radius 1 is 1.06 bits per heavy atom. The second kappa shape index (κ2) is 9.99. The summed E-state index contributed by atoms with van der Waals surface area (Å²) in [6.07, 6.45) is 0. The summed E-state index contributed by atoms with van der Waals surface area (Å²) in [6, 6.07) is 13.9. The van der Waals surface area contributed by atoms with E-state index in [0.29, 0.717) is 36.0 Å². The Balaban J connectivity index is 1.36. The molecule has 6 nitrogen and oxygen atoms in total. The van der Waals surface area contributed by atoms with Crippen molar-refractivity contribution >= 4 is 22.9 Å². The molecule has 0 saturated carbocycles. The summed E-state index contributed by atoms with van der Waals surface area (Å²) in [6.45, 7) is 7.45. The minimum absolute atomic E-state index is 0.00535. The zero-order valence-electron chi connectivity index (χ0n) is 18.2. The molecule has 0 bridgehead atoms. The molecule has 0 spiro atoms. The SMILES string of the molecule is CCOc1ccccc1N1CCN(C(=O)c2sc(COc3ccc(F)cc3)nc2C)CC1. The van der Waals surface area contributed by atoms with Crippen LogP contribution in [0, 0.1) is 12.7 Å². The molecular formula is C24H26FN3O3S. The molecule has 0 unspecified atom stereocenters. The van der Waals surface area contributed by atoms with E-state index >= 15 is 0 Å². The number of thiazole rings is 1. The van der Waals surface area contributed by atoms with E-state index in [9.17, 15) is 9.18 Å². The maximum absolute atomic E-state index is 13.1. The lowest BCUT2D eigenvalue weighted by Gasteiger charge is -2.36. The highest BCUT2D eigenvalue weighted by molar-refractivity contribution is 7.13. The fourth-order valence-electron chi connectivity index (χ4n) is 3.68. The third-order valence-corrected chi connectivity index (χ3v) is 6.40. The summed E-state index contributed by atoms with van der Waals surface area (Å²) < 4.78 is 24.5. The van der Waals surface area contributed by atoms with Crippen LogP contribution in [0.15, 0.2) is 48.5 Å². The van der Waals surface area contributed by atoms with Gasteiger partial charge in [-0.05, 0) is 50.2 Å². The van der Waals surface area contributed by atoms with Crippen LogP contribution in [0.3, 0.4) is 0 Å². The molecule has 1 fully saturated rings. The number of halogens is 1. The Kier molecular flexibility index (Phi) is 6.90. The predicted molar refractivity (Wildman–Crippen MR) is 123 cm³/mol. The van der Waals surface area contributed by atoms with Crippen LogP contribution >= 0.6 is 11.3 Å². The maximum atomic E-state index is 13.1. The van der Waals surface area contributed by atoms with Crippen molar-refractivity contribution in [3.63, 3.8) is 0 Å². The second-order valence-corrected chi connectivity index (χ2v) is 8.53. The Morgan fingerprint density at radius 3 is 2.50 bits per heavy atom. The van der Waals surface area contributed by atoms with Gasteiger partial charge in [0.15, 0.2) is 0 Å². The Labute approximate surface area is 191 Å². The van der Waals surface area contributed by atoms with Crippen molar-refractivity contribution in [3.05, 3.63) is 69.9 Å². The molecule has 1 amide bonds. The van der Waals surface area contributed by atoms with Crippen molar-refractivity contribution in [2.45, 2.75) is 20.5 Å². The van der Waals surface area contributed by atoms with E-state index in [2.05, 4.69) is 16.0 Å². The van der Waals surface area contributed by atoms with Crippen LogP contribution in [0.1, 0.15) is 27.3 Å². The van der Waals surface area contributed by atoms with Gasteiger partial charge in [-0.3, -0.25) is 4.79 Å². The second-order valence-electron chi connectivity index (χ2n) is 7.44. The number of rotatable bonds is 7. The fraction of sp³-hybridized carbons (Fsp3) is 0.333. The van der Waals surface area contributed by atoms with E-state index in [0.717, 1.165) is 29.5 Å². The van der Waals surface area contributed by atoms with Crippen molar-refractivity contribution in [2.24, 2.45) is 0 Å². The molecule has 4 rings (SSSR count). The van der Waals surface area contributed by atoms with Gasteiger partial charge >= 0.3 is 0 Å². The molecule has 168 valence electrons. The van der Waals surface area contributed by atoms with Gasteiger partial charge in [0.2, 0.25) is 0 Å². The topological polar surface area (TPSA) is 54.9 Å². The first kappa shape index (κ1) is 22.1. The van der Waals surface area contributed by atoms with Gasteiger partial charge < -0.3 is 19.3 Å². The van der Waals surface area contributed by atoms with Gasteiger partial charge in [-0.25, -0.2) is 9.37 Å². The Bertz CT molecular complexity index is 1060. The summed E-state index contributed by atoms with van der Waals surface area (Å²) in [5, 5.41) is 0.722. The van der Waals surface area contributed by atoms with Crippen molar-refractivity contribution in [3.8, 4) is 11.5 Å². The fourth-order valence-corrected chi connectivity index (χ4v) is 4.62. The van der Waals surface area contributed by atoms with Crippen LogP contribution in [-0.4, -0.2) is 48.6 Å². The molecule has 8 heteroatoms. The third-order valence-electron chi connectivity index (χ3n) is 5.28. The summed E-state index contributed by atoms with van der Waals surface area (Å²) in [5.41, 5.74) is 1.78. The Hall–Kier alpha value is -3.13. The molecular weight excluding hydrogens is 429 g/mol. The lowest BCUT2D eigenvalue weighted by Crippen LogP contribution is -2.48. The number of benzene rings is 2. The minimum atomic E-state index is -0.309. The van der Waals surface area contributed by atoms with E-state index in [-0.39, 0.29) is 18.3 Å². The number of hydrogen-bond acceptors (Lipinski definition) is 6. The highest BCUT2D eigenvalue weighted by Gasteiger charge is 2.26. The summed E-state index contributed by atoms with van der Waals surface area (Å²) in [7, 11) is 0. The molecule has 0 aliphatic carbocycles. The van der Waals surface area contributed by atoms with Crippen LogP contribution in [0.4, 0.5) is 10.1 Å². The predicted octanol–water partition coefficient (Wildman–Crippen LogP) is 4.53. The molecule has 2 aromatic carbocycles. The third kappa shape index (κ3) is 5.02. The lowest BCUT2D eigenvalue weighted by molar-refractivity contribution is 0.0750. The zero-order chi connectivity index (χ0) is 22.5. The molecule has 1 saturated heterocycles. The van der Waals surface area contributed by atoms with E-state index in [1.807, 2.05) is 36.9 Å². The first-order valence-corrected chi connectivity index (χ1v) is 11.5. The van der Waals surface area contributed by atoms with Crippen molar-refractivity contribution in [1.29, 1.82) is 0 Å². The Morgan fingerprint density at radius 2 is 1.78 bits per heavy atom. The molecule has 0 atom stereocenters. The summed E-state index contributed by atoms with van der Waals surface area (Å²) >= 11 is 1.35. The molecule has 32 heavy (non-hydrogen) atoms. The molecule has 0 radical (unpaired) electrons. The zero-order valence-corrected chi connectivity index (χ0v) is 19.0. The standard InChI is InChI=1S/C24H26FN3O3S/c1-3-30-21-7-5-4-6-20(21)27-12-14-28(15-13-27)24(29)23-17(2)26-22(32-23)16-31-19-10-8-18(25)9-11-19/h4-11H,3,12-16H2,1-2H3. The molecule has 2 heterocycles. The van der Waals surface area contributed by atoms with Gasteiger partial charge in [0.05, 0.1) is 18.0 Å². The number of carbonyl (C=O) groups excluding carboxylic acids is 1. The summed E-state index contributed by atoms with van der Waals surface area (Å²) in [5.74, 6) is 1.14. The quantitative estimate of drug-likeness (QED) is 0.524. The van der Waals surface area contributed by atoms with E-state index in [1.165, 1.54) is 23.5 Å². The summed E-state index contributed by atoms with van der Waals surface area (Å²) in [4.78, 5) is 22.4. The number of aromatic nitrogens is 1. The number of anilines is 1. The van der Waals surface area contributed by atoms with Crippen LogP contribution < -0.4 is 14.4 Å². The van der Waals surface area contributed by atoms with Gasteiger partial charge in [0.25, 0.3) is 5.91 Å². The lowest BCUT2D eigenvalue weighted by atomic mass is 10.2. The monoisotopic (exact) mass is 455 g/mol. The first-order chi connectivity index (χ1) is 15.5. The van der Waals surface area contributed by atoms with Gasteiger partial charge in [-0.1, -0.05) is 12.1 Å². The van der Waals surface area contributed by atoms with Crippen molar-refractivity contribution in [2.75, 3.05) is 37.7 Å². The number of para-hydroxylation sites is 2. The first-order valence-electron chi connectivity index (χ1n) is 10.7. The number of hydrogen-bond donors (Lipinski definition) is 0. The van der Waals surface area contributed by atoms with Crippen molar-refractivity contribution in [1.82, 2.24) is 9.88 Å². The average molecular weight is 456 g/mol. The number of nitrogens with zero attached hydrogens (tertiary/aromatic N) is 3. The molecule has 1 aliphatic heterocycles. The molecule has 3 aromatic rings. The van der Waals surface area contributed by atoms with Crippen LogP contribution in [0.25, 0.3) is 0 Å². The average Bonchev–Trinajstić information content (AvgIpc) is 3.19. The highest BCUT2D eigenvalue weighted by atomic mass is 32.1. The number of piperazine rings is 1. The molecule has 1 aromatic heterocycles. The van der Waals surface area contributed by atoms with E-state index < -0.39 is 0 Å². The normalized spacial score (nSPS) is 13.8. The number of aryl methyl sites for hydroxylation is 1. The number of carbonyl (C=O) groups is 1. The van der Waals surface area contributed by atoms with E-state index in [1.54, 1.807) is 12.1 Å². The van der Waals surface area contributed by atoms with Gasteiger partial charge in [-0.2, -0.15) is 0 Å². The highest BCUT2D eigenvalue weighted by Crippen LogP contribution is 2.29. The number of ether oxygens (including phenoxy) is 2. The molecule has 1 aliphatic rings. The van der Waals surface area contributed by atoms with E-state index in [4.69, 9.17) is 9.47 Å². The van der Waals surface area contributed by atoms with Crippen LogP contribution in [0.2, 0.25) is 0 Å². The van der Waals surface area contributed by atoms with Gasteiger partial charge in [-0.15, -0.1) is 11.3 Å². The van der Waals surface area contributed by atoms with Gasteiger partial charge in [0.1, 0.15) is 33.8 Å². The van der Waals surface area contributed by atoms with Crippen LogP contribution in [-0.2, 0) is 6.61 Å². The molecule has 0 N–H and O–H groups in total. The maximum Gasteiger partial charge on any atom is 0.265 e. The smallest absolute Gasteiger partial charge is 0.265 e. The number of amides is 1. The van der Waals surface area contributed by atoms with Crippen LogP contribution in [0.5, 0.6) is 11.5 Å². The van der Waals surface area contributed by atoms with Gasteiger partial charge in [0, 0.05) is 26.2 Å².